The van der Waals surface area contributed by atoms with Gasteiger partial charge in [0.1, 0.15) is 0 Å². The van der Waals surface area contributed by atoms with Crippen LogP contribution >= 0.6 is 0 Å². The number of nitrogens with two attached hydrogens (primary N) is 2. The van der Waals surface area contributed by atoms with Gasteiger partial charge in [-0.1, -0.05) is 214 Å². The molecule has 0 amide bonds. The fourth-order valence-electron chi connectivity index (χ4n) is 6.26. The number of carboxylic acid groups (broad SMARTS) is 2. The first-order chi connectivity index (χ1) is 23.8. The van der Waals surface area contributed by atoms with Gasteiger partial charge in [0.2, 0.25) is 0 Å². The van der Waals surface area contributed by atoms with E-state index in [0.29, 0.717) is 12.0 Å². The maximum absolute atomic E-state index is 10.2. The smallest absolute Gasteiger partial charge is 0.550 e. The van der Waals surface area contributed by atoms with Crippen molar-refractivity contribution in [3.63, 3.8) is 0 Å². The van der Waals surface area contributed by atoms with E-state index in [-0.39, 0.29) is 50.6 Å². The van der Waals surface area contributed by atoms with Crippen molar-refractivity contribution in [1.82, 2.24) is 0 Å². The third kappa shape index (κ3) is 54.9. The van der Waals surface area contributed by atoms with E-state index in [9.17, 15) is 19.8 Å². The molecule has 4 N–H and O–H groups in total. The molecule has 50 heavy (non-hydrogen) atoms. The van der Waals surface area contributed by atoms with Crippen LogP contribution < -0.4 is 21.7 Å². The molecule has 0 saturated carbocycles. The Morgan fingerprint density at radius 3 is 0.780 bits per heavy atom. The maximum Gasteiger partial charge on any atom is 2.00 e. The summed E-state index contributed by atoms with van der Waals surface area (Å²) in [7, 11) is 0. The van der Waals surface area contributed by atoms with Gasteiger partial charge in [-0.25, -0.2) is 0 Å². The average Bonchev–Trinajstić information content (AvgIpc) is 3.09. The van der Waals surface area contributed by atoms with Crippen LogP contribution in [-0.4, -0.2) is 62.3 Å². The summed E-state index contributed by atoms with van der Waals surface area (Å²) in [4.78, 5) is 20.4. The number of hydrogen-bond acceptors (Lipinski definition) is 6. The van der Waals surface area contributed by atoms with Crippen LogP contribution in [0.1, 0.15) is 246 Å². The molecule has 0 spiro atoms. The molecule has 0 aromatic heterocycles. The number of carboxylic acids is 2. The fraction of sp³-hybridized carbons (Fsp3) is 0.953. The van der Waals surface area contributed by atoms with Gasteiger partial charge in [-0.2, -0.15) is 0 Å². The van der Waals surface area contributed by atoms with Gasteiger partial charge in [0.05, 0.1) is 0 Å². The van der Waals surface area contributed by atoms with Crippen molar-refractivity contribution < 1.29 is 19.8 Å². The Hall–Kier alpha value is 0.120. The quantitative estimate of drug-likeness (QED) is 0.0486. The summed E-state index contributed by atoms with van der Waals surface area (Å²) in [5.74, 6) is -1.28. The molecule has 6 nitrogen and oxygen atoms in total. The predicted molar refractivity (Wildman–Crippen MR) is 216 cm³/mol. The number of rotatable bonds is 36. The maximum atomic E-state index is 10.2. The molecule has 2 unspecified atom stereocenters. The summed E-state index contributed by atoms with van der Waals surface area (Å²) in [6.45, 7) is 9.49. The van der Waals surface area contributed by atoms with Crippen molar-refractivity contribution in [2.45, 2.75) is 252 Å². The third-order valence-corrected chi connectivity index (χ3v) is 9.87. The van der Waals surface area contributed by atoms with E-state index in [1.165, 1.54) is 167 Å². The molecule has 296 valence electrons. The summed E-state index contributed by atoms with van der Waals surface area (Å²) in [5, 5.41) is 20.4. The molecule has 0 aliphatic carbocycles. The van der Waals surface area contributed by atoms with Crippen LogP contribution in [0.4, 0.5) is 0 Å². The van der Waals surface area contributed by atoms with Crippen molar-refractivity contribution in [3.8, 4) is 0 Å². The molecule has 7 heteroatoms. The van der Waals surface area contributed by atoms with E-state index in [1.54, 1.807) is 0 Å². The molecule has 0 rings (SSSR count). The number of unbranched alkanes of at least 4 members (excludes halogenated alkanes) is 28. The SMILES string of the molecule is CCC(N)C(CC)CN.CCCCCCCCCCCCCCCCCC(=O)[O-].CCCCCCCCCCCCCCCCCC(=O)[O-].[Ca+2]. The van der Waals surface area contributed by atoms with Crippen LogP contribution in [0, 0.1) is 5.92 Å². The molecular weight excluding hydrogens is 649 g/mol. The predicted octanol–water partition coefficient (Wildman–Crippen LogP) is 10.3. The normalized spacial score (nSPS) is 11.8. The molecule has 0 aromatic carbocycles. The molecule has 0 bridgehead atoms. The standard InChI is InChI=1S/2C18H36O2.C7H18N2.Ca/c2*1-2-3-4-5-6-7-8-9-10-11-12-13-14-15-16-17-18(19)20;1-3-6(5-8)7(9)4-2;/h2*2-17H2,1H3,(H,19,20);6-7H,3-5,8-9H2,1-2H3;/q;;;+2/p-2. The Bertz CT molecular complexity index is 590. The Morgan fingerprint density at radius 2 is 0.640 bits per heavy atom. The van der Waals surface area contributed by atoms with E-state index < -0.39 is 11.9 Å². The van der Waals surface area contributed by atoms with Crippen molar-refractivity contribution >= 4 is 49.7 Å². The second-order valence-electron chi connectivity index (χ2n) is 14.6. The number of carbonyl (C=O) groups excluding carboxylic acids is 2. The largest absolute Gasteiger partial charge is 2.00 e. The molecule has 0 radical (unpaired) electrons. The van der Waals surface area contributed by atoms with Crippen LogP contribution in [0.2, 0.25) is 0 Å². The van der Waals surface area contributed by atoms with Gasteiger partial charge in [-0.05, 0) is 44.6 Å². The minimum absolute atomic E-state index is 0. The van der Waals surface area contributed by atoms with E-state index in [0.717, 1.165) is 45.1 Å². The first-order valence-electron chi connectivity index (χ1n) is 21.7. The van der Waals surface area contributed by atoms with Crippen molar-refractivity contribution in [1.29, 1.82) is 0 Å². The summed E-state index contributed by atoms with van der Waals surface area (Å²) in [5.41, 5.74) is 11.2. The summed E-state index contributed by atoms with van der Waals surface area (Å²) in [6.07, 6.45) is 41.9. The number of aliphatic carboxylic acids is 2. The van der Waals surface area contributed by atoms with Crippen LogP contribution in [-0.2, 0) is 9.59 Å². The van der Waals surface area contributed by atoms with Gasteiger partial charge in [0, 0.05) is 18.0 Å². The van der Waals surface area contributed by atoms with Gasteiger partial charge in [-0.3, -0.25) is 0 Å². The molecule has 0 aliphatic heterocycles. The van der Waals surface area contributed by atoms with E-state index in [4.69, 9.17) is 11.5 Å². The van der Waals surface area contributed by atoms with Gasteiger partial charge < -0.3 is 31.3 Å². The van der Waals surface area contributed by atoms with Crippen molar-refractivity contribution in [2.24, 2.45) is 17.4 Å². The zero-order valence-corrected chi connectivity index (χ0v) is 36.6. The van der Waals surface area contributed by atoms with E-state index >= 15 is 0 Å². The second-order valence-corrected chi connectivity index (χ2v) is 14.6. The molecule has 0 saturated heterocycles. The minimum Gasteiger partial charge on any atom is -0.550 e. The van der Waals surface area contributed by atoms with Gasteiger partial charge in [-0.15, -0.1) is 0 Å². The first kappa shape index (κ1) is 56.9. The Kier molecular flexibility index (Phi) is 58.2. The third-order valence-electron chi connectivity index (χ3n) is 9.87. The second kappa shape index (κ2) is 51.2. The first-order valence-corrected chi connectivity index (χ1v) is 21.7. The van der Waals surface area contributed by atoms with E-state index in [2.05, 4.69) is 27.7 Å². The Balaban J connectivity index is -0.000000336. The molecule has 0 fully saturated rings. The zero-order chi connectivity index (χ0) is 37.1. The monoisotopic (exact) mass is 737 g/mol. The van der Waals surface area contributed by atoms with Gasteiger partial charge in [0.25, 0.3) is 0 Å². The zero-order valence-electron chi connectivity index (χ0n) is 34.4. The fourth-order valence-corrected chi connectivity index (χ4v) is 6.26. The minimum atomic E-state index is -0.903. The summed E-state index contributed by atoms with van der Waals surface area (Å²) in [6, 6.07) is 0.306. The number of hydrogen-bond donors (Lipinski definition) is 2. The van der Waals surface area contributed by atoms with Crippen molar-refractivity contribution in [2.75, 3.05) is 6.54 Å². The molecule has 2 atom stereocenters. The van der Waals surface area contributed by atoms with Crippen LogP contribution in [0.15, 0.2) is 0 Å². The summed E-state index contributed by atoms with van der Waals surface area (Å²) >= 11 is 0. The van der Waals surface area contributed by atoms with Gasteiger partial charge in [0.15, 0.2) is 0 Å². The average molecular weight is 737 g/mol. The van der Waals surface area contributed by atoms with Crippen molar-refractivity contribution in [3.05, 3.63) is 0 Å². The number of carbonyl (C=O) groups is 2. The Labute approximate surface area is 343 Å². The molecule has 0 aliphatic rings. The molecular formula is C43H88CaN2O4. The van der Waals surface area contributed by atoms with E-state index in [1.807, 2.05) is 0 Å². The van der Waals surface area contributed by atoms with Crippen LogP contribution in [0.5, 0.6) is 0 Å². The van der Waals surface area contributed by atoms with Crippen LogP contribution in [0.25, 0.3) is 0 Å². The Morgan fingerprint density at radius 1 is 0.420 bits per heavy atom. The molecule has 0 aromatic rings. The topological polar surface area (TPSA) is 132 Å². The van der Waals surface area contributed by atoms with Crippen LogP contribution in [0.3, 0.4) is 0 Å². The molecule has 0 heterocycles. The summed E-state index contributed by atoms with van der Waals surface area (Å²) < 4.78 is 0. The van der Waals surface area contributed by atoms with Gasteiger partial charge >= 0.3 is 37.7 Å².